The number of carbonyl (C=O) groups is 1. The number of hydrogen-bond acceptors (Lipinski definition) is 3. The molecule has 2 nitrogen and oxygen atoms in total. The number of ketones is 1. The van der Waals surface area contributed by atoms with Crippen molar-refractivity contribution in [2.24, 2.45) is 0 Å². The summed E-state index contributed by atoms with van der Waals surface area (Å²) in [5.41, 5.74) is 1.05. The Bertz CT molecular complexity index is 453. The van der Waals surface area contributed by atoms with Crippen molar-refractivity contribution in [3.8, 4) is 0 Å². The molecule has 1 heterocycles. The number of Topliss-reactive ketones (excluding diaryl/α,β-unsaturated/α-hetero) is 1. The van der Waals surface area contributed by atoms with E-state index < -0.39 is 0 Å². The van der Waals surface area contributed by atoms with Gasteiger partial charge in [0.15, 0.2) is 5.78 Å². The average Bonchev–Trinajstić information content (AvgIpc) is 2.83. The summed E-state index contributed by atoms with van der Waals surface area (Å²) in [6.45, 7) is 4.02. The fourth-order valence-corrected chi connectivity index (χ4v) is 3.25. The van der Waals surface area contributed by atoms with E-state index in [-0.39, 0.29) is 17.7 Å². The second kappa shape index (κ2) is 5.85. The Morgan fingerprint density at radius 2 is 2.33 bits per heavy atom. The molecule has 1 aromatic rings. The van der Waals surface area contributed by atoms with Gasteiger partial charge in [0.1, 0.15) is 5.82 Å². The van der Waals surface area contributed by atoms with Crippen molar-refractivity contribution in [1.29, 1.82) is 0 Å². The zero-order chi connectivity index (χ0) is 13.1. The lowest BCUT2D eigenvalue weighted by atomic mass is 10.1. The largest absolute Gasteiger partial charge is 0.377 e. The molecule has 1 saturated heterocycles. The zero-order valence-corrected chi connectivity index (χ0v) is 11.5. The van der Waals surface area contributed by atoms with Crippen molar-refractivity contribution >= 4 is 17.5 Å². The molecule has 98 valence electrons. The highest BCUT2D eigenvalue weighted by Crippen LogP contribution is 2.29. The van der Waals surface area contributed by atoms with Gasteiger partial charge < -0.3 is 4.74 Å². The fraction of sp³-hybridized carbons (Fsp3) is 0.500. The molecule has 0 N–H and O–H groups in total. The standard InChI is InChI=1S/C14H17FO2S/c1-9-6-14(12(10(2)16)7-13(9)15)18-8-11-4-3-5-17-11/h6-7,11H,3-5,8H2,1-2H3. The predicted molar refractivity (Wildman–Crippen MR) is 70.8 cm³/mol. The van der Waals surface area contributed by atoms with Crippen molar-refractivity contribution in [3.63, 3.8) is 0 Å². The van der Waals surface area contributed by atoms with E-state index in [1.165, 1.54) is 13.0 Å². The van der Waals surface area contributed by atoms with Crippen LogP contribution < -0.4 is 0 Å². The summed E-state index contributed by atoms with van der Waals surface area (Å²) >= 11 is 1.58. The highest BCUT2D eigenvalue weighted by Gasteiger charge is 2.18. The maximum absolute atomic E-state index is 13.5. The first-order valence-electron chi connectivity index (χ1n) is 6.13. The van der Waals surface area contributed by atoms with Crippen LogP contribution in [0.25, 0.3) is 0 Å². The van der Waals surface area contributed by atoms with E-state index in [2.05, 4.69) is 0 Å². The van der Waals surface area contributed by atoms with Gasteiger partial charge in [0.2, 0.25) is 0 Å². The van der Waals surface area contributed by atoms with Crippen molar-refractivity contribution in [2.45, 2.75) is 37.7 Å². The Balaban J connectivity index is 2.14. The smallest absolute Gasteiger partial charge is 0.161 e. The molecule has 1 aliphatic heterocycles. The summed E-state index contributed by atoms with van der Waals surface area (Å²) in [4.78, 5) is 12.4. The van der Waals surface area contributed by atoms with Gasteiger partial charge in [0.25, 0.3) is 0 Å². The summed E-state index contributed by atoms with van der Waals surface area (Å²) in [7, 11) is 0. The summed E-state index contributed by atoms with van der Waals surface area (Å²) < 4.78 is 19.0. The van der Waals surface area contributed by atoms with Gasteiger partial charge in [-0.15, -0.1) is 11.8 Å². The highest BCUT2D eigenvalue weighted by atomic mass is 32.2. The van der Waals surface area contributed by atoms with E-state index in [1.54, 1.807) is 24.8 Å². The number of benzene rings is 1. The Labute approximate surface area is 111 Å². The normalized spacial score (nSPS) is 19.2. The molecule has 0 aromatic heterocycles. The molecule has 1 aromatic carbocycles. The van der Waals surface area contributed by atoms with Crippen LogP contribution in [0.1, 0.15) is 35.7 Å². The maximum Gasteiger partial charge on any atom is 0.161 e. The first-order valence-corrected chi connectivity index (χ1v) is 7.12. The van der Waals surface area contributed by atoms with E-state index in [9.17, 15) is 9.18 Å². The van der Waals surface area contributed by atoms with Crippen molar-refractivity contribution in [3.05, 3.63) is 29.1 Å². The van der Waals surface area contributed by atoms with Crippen molar-refractivity contribution < 1.29 is 13.9 Å². The van der Waals surface area contributed by atoms with Gasteiger partial charge in [-0.05, 0) is 44.4 Å². The number of carbonyl (C=O) groups excluding carboxylic acids is 1. The fourth-order valence-electron chi connectivity index (χ4n) is 2.01. The summed E-state index contributed by atoms with van der Waals surface area (Å²) in [6.07, 6.45) is 2.44. The Kier molecular flexibility index (Phi) is 4.40. The van der Waals surface area contributed by atoms with Crippen LogP contribution in [0.4, 0.5) is 4.39 Å². The topological polar surface area (TPSA) is 26.3 Å². The maximum atomic E-state index is 13.5. The number of rotatable bonds is 4. The van der Waals surface area contributed by atoms with Gasteiger partial charge in [-0.1, -0.05) is 0 Å². The summed E-state index contributed by atoms with van der Waals surface area (Å²) in [6, 6.07) is 3.10. The van der Waals surface area contributed by atoms with Gasteiger partial charge in [0, 0.05) is 22.8 Å². The third-order valence-electron chi connectivity index (χ3n) is 3.09. The second-order valence-corrected chi connectivity index (χ2v) is 5.66. The molecule has 0 saturated carbocycles. The molecule has 0 bridgehead atoms. The number of thioether (sulfide) groups is 1. The highest BCUT2D eigenvalue weighted by molar-refractivity contribution is 7.99. The van der Waals surface area contributed by atoms with Gasteiger partial charge >= 0.3 is 0 Å². The lowest BCUT2D eigenvalue weighted by molar-refractivity contribution is 0.101. The van der Waals surface area contributed by atoms with Gasteiger partial charge in [-0.3, -0.25) is 4.79 Å². The van der Waals surface area contributed by atoms with Crippen LogP contribution in [0.15, 0.2) is 17.0 Å². The van der Waals surface area contributed by atoms with Crippen molar-refractivity contribution in [2.75, 3.05) is 12.4 Å². The first kappa shape index (κ1) is 13.6. The molecule has 4 heteroatoms. The second-order valence-electron chi connectivity index (χ2n) is 4.60. The minimum Gasteiger partial charge on any atom is -0.377 e. The number of ether oxygens (including phenoxy) is 1. The third-order valence-corrected chi connectivity index (χ3v) is 4.28. The Morgan fingerprint density at radius 3 is 2.94 bits per heavy atom. The minimum atomic E-state index is -0.318. The van der Waals surface area contributed by atoms with Crippen molar-refractivity contribution in [1.82, 2.24) is 0 Å². The summed E-state index contributed by atoms with van der Waals surface area (Å²) in [5.74, 6) is 0.413. The van der Waals surface area contributed by atoms with Crippen LogP contribution in [0.2, 0.25) is 0 Å². The SMILES string of the molecule is CC(=O)c1cc(F)c(C)cc1SCC1CCCO1. The zero-order valence-electron chi connectivity index (χ0n) is 10.7. The molecule has 0 spiro atoms. The van der Waals surface area contributed by atoms with Crippen LogP contribution in [0.3, 0.4) is 0 Å². The number of halogens is 1. The molecule has 1 unspecified atom stereocenters. The minimum absolute atomic E-state index is 0.0938. The molecule has 1 aliphatic rings. The van der Waals surface area contributed by atoms with Gasteiger partial charge in [-0.2, -0.15) is 0 Å². The number of hydrogen-bond donors (Lipinski definition) is 0. The average molecular weight is 268 g/mol. The number of aryl methyl sites for hydroxylation is 1. The molecular weight excluding hydrogens is 251 g/mol. The third kappa shape index (κ3) is 3.12. The molecule has 1 atom stereocenters. The molecule has 2 rings (SSSR count). The van der Waals surface area contributed by atoms with Crippen LogP contribution in [0, 0.1) is 12.7 Å². The van der Waals surface area contributed by atoms with Crippen LogP contribution in [-0.2, 0) is 4.74 Å². The molecule has 18 heavy (non-hydrogen) atoms. The van der Waals surface area contributed by atoms with E-state index in [1.807, 2.05) is 0 Å². The Hall–Kier alpha value is -0.870. The van der Waals surface area contributed by atoms with Crippen LogP contribution in [0.5, 0.6) is 0 Å². The summed E-state index contributed by atoms with van der Waals surface area (Å²) in [5, 5.41) is 0. The van der Waals surface area contributed by atoms with E-state index in [0.717, 1.165) is 30.1 Å². The quantitative estimate of drug-likeness (QED) is 0.616. The monoisotopic (exact) mass is 268 g/mol. The van der Waals surface area contributed by atoms with E-state index >= 15 is 0 Å². The molecule has 1 fully saturated rings. The predicted octanol–water partition coefficient (Wildman–Crippen LogP) is 3.61. The van der Waals surface area contributed by atoms with Crippen LogP contribution >= 0.6 is 11.8 Å². The molecule has 0 amide bonds. The molecule has 0 radical (unpaired) electrons. The lowest BCUT2D eigenvalue weighted by Crippen LogP contribution is -2.08. The Morgan fingerprint density at radius 1 is 1.56 bits per heavy atom. The van der Waals surface area contributed by atoms with Gasteiger partial charge in [0.05, 0.1) is 6.10 Å². The first-order chi connectivity index (χ1) is 8.58. The van der Waals surface area contributed by atoms with E-state index in [0.29, 0.717) is 11.1 Å². The molecule has 0 aliphatic carbocycles. The van der Waals surface area contributed by atoms with Gasteiger partial charge in [-0.25, -0.2) is 4.39 Å². The molecular formula is C14H17FO2S. The lowest BCUT2D eigenvalue weighted by Gasteiger charge is -2.12. The van der Waals surface area contributed by atoms with E-state index in [4.69, 9.17) is 4.74 Å². The van der Waals surface area contributed by atoms with Crippen LogP contribution in [-0.4, -0.2) is 24.2 Å².